The molecule has 9 aromatic rings. The molecular formula is C52H34N4. The van der Waals surface area contributed by atoms with E-state index in [0.29, 0.717) is 17.5 Å². The van der Waals surface area contributed by atoms with Crippen molar-refractivity contribution in [3.8, 4) is 56.4 Å². The maximum atomic E-state index is 4.97. The minimum Gasteiger partial charge on any atom is -0.310 e. The van der Waals surface area contributed by atoms with Crippen LogP contribution in [0.4, 0.5) is 17.1 Å². The number of rotatable bonds is 5. The lowest BCUT2D eigenvalue weighted by atomic mass is 9.64. The van der Waals surface area contributed by atoms with Crippen molar-refractivity contribution in [1.82, 2.24) is 15.0 Å². The van der Waals surface area contributed by atoms with Gasteiger partial charge in [-0.2, -0.15) is 0 Å². The number of anilines is 3. The monoisotopic (exact) mass is 714 g/mol. The molecule has 11 rings (SSSR count). The molecule has 4 heteroatoms. The van der Waals surface area contributed by atoms with Gasteiger partial charge in [-0.25, -0.2) is 15.0 Å². The van der Waals surface area contributed by atoms with Crippen molar-refractivity contribution < 1.29 is 0 Å². The number of hydrogen-bond donors (Lipinski definition) is 0. The van der Waals surface area contributed by atoms with E-state index in [1.165, 1.54) is 44.8 Å². The molecule has 262 valence electrons. The van der Waals surface area contributed by atoms with E-state index in [-0.39, 0.29) is 0 Å². The van der Waals surface area contributed by atoms with E-state index < -0.39 is 5.41 Å². The van der Waals surface area contributed by atoms with Gasteiger partial charge in [0.15, 0.2) is 17.5 Å². The molecule has 2 heterocycles. The Morgan fingerprint density at radius 1 is 0.304 bits per heavy atom. The van der Waals surface area contributed by atoms with Gasteiger partial charge in [0.25, 0.3) is 0 Å². The number of para-hydroxylation sites is 3. The molecule has 0 atom stereocenters. The van der Waals surface area contributed by atoms with Crippen LogP contribution in [0.15, 0.2) is 206 Å². The lowest BCUT2D eigenvalue weighted by molar-refractivity contribution is 0.753. The number of hydrogen-bond acceptors (Lipinski definition) is 4. The van der Waals surface area contributed by atoms with Gasteiger partial charge in [-0.3, -0.25) is 0 Å². The zero-order valence-electron chi connectivity index (χ0n) is 30.4. The average molecular weight is 715 g/mol. The highest BCUT2D eigenvalue weighted by Gasteiger charge is 2.51. The second-order valence-electron chi connectivity index (χ2n) is 14.4. The fourth-order valence-corrected chi connectivity index (χ4v) is 8.89. The van der Waals surface area contributed by atoms with E-state index in [9.17, 15) is 0 Å². The van der Waals surface area contributed by atoms with Crippen LogP contribution in [0.3, 0.4) is 0 Å². The Morgan fingerprint density at radius 2 is 0.714 bits per heavy atom. The van der Waals surface area contributed by atoms with Crippen LogP contribution >= 0.6 is 0 Å². The van der Waals surface area contributed by atoms with Crippen LogP contribution in [-0.4, -0.2) is 15.0 Å². The van der Waals surface area contributed by atoms with Crippen LogP contribution in [0.5, 0.6) is 0 Å². The maximum Gasteiger partial charge on any atom is 0.164 e. The summed E-state index contributed by atoms with van der Waals surface area (Å²) in [5, 5.41) is 0. The van der Waals surface area contributed by atoms with Gasteiger partial charge in [-0.1, -0.05) is 176 Å². The first-order valence-electron chi connectivity index (χ1n) is 19.0. The van der Waals surface area contributed by atoms with Crippen LogP contribution in [0, 0.1) is 0 Å². The molecule has 4 nitrogen and oxygen atoms in total. The largest absolute Gasteiger partial charge is 0.310 e. The topological polar surface area (TPSA) is 41.9 Å². The third-order valence-corrected chi connectivity index (χ3v) is 11.3. The highest BCUT2D eigenvalue weighted by atomic mass is 15.2. The Labute approximate surface area is 326 Å². The lowest BCUT2D eigenvalue weighted by Gasteiger charge is -2.45. The van der Waals surface area contributed by atoms with E-state index in [4.69, 9.17) is 15.0 Å². The molecule has 2 aliphatic rings. The summed E-state index contributed by atoms with van der Waals surface area (Å²) in [6.45, 7) is 0. The lowest BCUT2D eigenvalue weighted by Crippen LogP contribution is -2.36. The van der Waals surface area contributed by atoms with Crippen LogP contribution in [0.2, 0.25) is 0 Å². The highest BCUT2D eigenvalue weighted by molar-refractivity contribution is 5.96. The minimum atomic E-state index is -0.507. The minimum absolute atomic E-state index is 0.507. The van der Waals surface area contributed by atoms with Crippen molar-refractivity contribution in [2.24, 2.45) is 0 Å². The van der Waals surface area contributed by atoms with Gasteiger partial charge in [-0.15, -0.1) is 0 Å². The molecular weight excluding hydrogens is 681 g/mol. The number of fused-ring (bicyclic) bond motifs is 9. The average Bonchev–Trinajstić information content (AvgIpc) is 3.57. The van der Waals surface area contributed by atoms with Gasteiger partial charge in [0.2, 0.25) is 0 Å². The predicted octanol–water partition coefficient (Wildman–Crippen LogP) is 12.7. The van der Waals surface area contributed by atoms with Gasteiger partial charge in [0, 0.05) is 22.4 Å². The van der Waals surface area contributed by atoms with Crippen LogP contribution < -0.4 is 4.90 Å². The molecule has 1 spiro atoms. The van der Waals surface area contributed by atoms with Gasteiger partial charge >= 0.3 is 0 Å². The SMILES string of the molecule is c1ccc(-c2nc(-c3ccccc3)nc(-c3ccc(-c4ccc5c(c4)C4(c6ccccc6-5)c5ccccc5N(c5ccccc5)c5ccccc54)cc3)n2)cc1. The Kier molecular flexibility index (Phi) is 7.36. The van der Waals surface area contributed by atoms with E-state index in [1.807, 2.05) is 60.7 Å². The molecule has 0 radical (unpaired) electrons. The molecule has 0 unspecified atom stereocenters. The molecule has 0 N–H and O–H groups in total. The second kappa shape index (κ2) is 12.9. The summed E-state index contributed by atoms with van der Waals surface area (Å²) >= 11 is 0. The maximum absolute atomic E-state index is 4.97. The van der Waals surface area contributed by atoms with E-state index in [2.05, 4.69) is 150 Å². The zero-order chi connectivity index (χ0) is 37.1. The van der Waals surface area contributed by atoms with Gasteiger partial charge in [0.1, 0.15) is 0 Å². The summed E-state index contributed by atoms with van der Waals surface area (Å²) in [6.07, 6.45) is 0. The second-order valence-corrected chi connectivity index (χ2v) is 14.4. The Bertz CT molecular complexity index is 2800. The molecule has 0 amide bonds. The highest BCUT2D eigenvalue weighted by Crippen LogP contribution is 2.63. The smallest absolute Gasteiger partial charge is 0.164 e. The summed E-state index contributed by atoms with van der Waals surface area (Å²) in [5.74, 6) is 1.95. The van der Waals surface area contributed by atoms with E-state index >= 15 is 0 Å². The van der Waals surface area contributed by atoms with E-state index in [1.54, 1.807) is 0 Å². The fourth-order valence-electron chi connectivity index (χ4n) is 8.89. The van der Waals surface area contributed by atoms with Gasteiger partial charge in [-0.05, 0) is 74.8 Å². The number of nitrogens with zero attached hydrogens (tertiary/aromatic N) is 4. The van der Waals surface area contributed by atoms with Gasteiger partial charge in [0.05, 0.1) is 16.8 Å². The molecule has 1 aliphatic heterocycles. The quantitative estimate of drug-likeness (QED) is 0.178. The van der Waals surface area contributed by atoms with Crippen molar-refractivity contribution >= 4 is 17.1 Å². The van der Waals surface area contributed by atoms with Crippen molar-refractivity contribution in [1.29, 1.82) is 0 Å². The first-order valence-corrected chi connectivity index (χ1v) is 19.0. The summed E-state index contributed by atoms with van der Waals surface area (Å²) in [4.78, 5) is 17.3. The first-order chi connectivity index (χ1) is 27.8. The summed E-state index contributed by atoms with van der Waals surface area (Å²) < 4.78 is 0. The Hall–Kier alpha value is -7.43. The predicted molar refractivity (Wildman–Crippen MR) is 227 cm³/mol. The van der Waals surface area contributed by atoms with E-state index in [0.717, 1.165) is 33.5 Å². The molecule has 0 saturated carbocycles. The fraction of sp³-hybridized carbons (Fsp3) is 0.0192. The van der Waals surface area contributed by atoms with Crippen molar-refractivity contribution in [3.63, 3.8) is 0 Å². The summed E-state index contributed by atoms with van der Waals surface area (Å²) in [7, 11) is 0. The van der Waals surface area contributed by atoms with Crippen molar-refractivity contribution in [3.05, 3.63) is 229 Å². The van der Waals surface area contributed by atoms with Gasteiger partial charge < -0.3 is 4.90 Å². The molecule has 0 fully saturated rings. The molecule has 0 bridgehead atoms. The molecule has 56 heavy (non-hydrogen) atoms. The van der Waals surface area contributed by atoms with Crippen molar-refractivity contribution in [2.75, 3.05) is 4.90 Å². The zero-order valence-corrected chi connectivity index (χ0v) is 30.4. The summed E-state index contributed by atoms with van der Waals surface area (Å²) in [5.41, 5.74) is 15.9. The molecule has 1 aromatic heterocycles. The van der Waals surface area contributed by atoms with Crippen LogP contribution in [0.1, 0.15) is 22.3 Å². The normalized spacial score (nSPS) is 13.1. The third-order valence-electron chi connectivity index (χ3n) is 11.3. The Balaban J connectivity index is 1.06. The van der Waals surface area contributed by atoms with Crippen molar-refractivity contribution in [2.45, 2.75) is 5.41 Å². The Morgan fingerprint density at radius 3 is 1.29 bits per heavy atom. The summed E-state index contributed by atoms with van der Waals surface area (Å²) in [6, 6.07) is 73.5. The number of aromatic nitrogens is 3. The molecule has 0 saturated heterocycles. The first kappa shape index (κ1) is 32.0. The van der Waals surface area contributed by atoms with Crippen LogP contribution in [0.25, 0.3) is 56.4 Å². The number of benzene rings is 8. The van der Waals surface area contributed by atoms with Crippen LogP contribution in [-0.2, 0) is 5.41 Å². The third kappa shape index (κ3) is 4.89. The standard InChI is InChI=1S/C52H34N4/c1-4-16-36(17-5-1)49-53-50(37-18-6-2-7-19-37)55-51(54-49)38-30-28-35(29-31-38)39-32-33-42-41-22-10-11-23-43(41)52(46(42)34-39)44-24-12-14-26-47(44)56(40-20-8-3-9-21-40)48-27-15-13-25-45(48)52/h1-34H. The molecule has 8 aromatic carbocycles. The molecule has 1 aliphatic carbocycles.